The van der Waals surface area contributed by atoms with E-state index in [9.17, 15) is 9.90 Å². The molecule has 1 aromatic rings. The van der Waals surface area contributed by atoms with Gasteiger partial charge in [-0.3, -0.25) is 4.79 Å². The molecule has 2 N–H and O–H groups in total. The maximum atomic E-state index is 11.6. The summed E-state index contributed by atoms with van der Waals surface area (Å²) in [5.74, 6) is 0.272. The Balaban J connectivity index is 2.28. The van der Waals surface area contributed by atoms with Crippen LogP contribution in [0.3, 0.4) is 0 Å². The Morgan fingerprint density at radius 3 is 2.65 bits per heavy atom. The van der Waals surface area contributed by atoms with E-state index in [2.05, 4.69) is 5.32 Å². The molecule has 112 valence electrons. The highest BCUT2D eigenvalue weighted by Gasteiger charge is 2.20. The van der Waals surface area contributed by atoms with E-state index >= 15 is 0 Å². The monoisotopic (exact) mass is 301 g/mol. The highest BCUT2D eigenvalue weighted by Crippen LogP contribution is 2.15. The van der Waals surface area contributed by atoms with Gasteiger partial charge in [-0.05, 0) is 31.2 Å². The van der Waals surface area contributed by atoms with Crippen LogP contribution < -0.4 is 10.1 Å². The third-order valence-corrected chi connectivity index (χ3v) is 2.95. The lowest BCUT2D eigenvalue weighted by Crippen LogP contribution is -2.42. The molecule has 0 saturated carbocycles. The van der Waals surface area contributed by atoms with Gasteiger partial charge < -0.3 is 19.9 Å². The van der Waals surface area contributed by atoms with Gasteiger partial charge in [0.1, 0.15) is 5.75 Å². The highest BCUT2D eigenvalue weighted by molar-refractivity contribution is 6.30. The van der Waals surface area contributed by atoms with Gasteiger partial charge in [0.25, 0.3) is 5.91 Å². The van der Waals surface area contributed by atoms with Gasteiger partial charge in [0.05, 0.1) is 5.60 Å². The number of aliphatic hydroxyl groups is 1. The number of nitrogens with one attached hydrogen (secondary N) is 1. The van der Waals surface area contributed by atoms with Crippen molar-refractivity contribution in [2.45, 2.75) is 18.9 Å². The number of carbonyl (C=O) groups excluding carboxylic acids is 1. The zero-order valence-corrected chi connectivity index (χ0v) is 12.4. The number of amides is 1. The van der Waals surface area contributed by atoms with Crippen molar-refractivity contribution >= 4 is 17.5 Å². The van der Waals surface area contributed by atoms with Crippen LogP contribution in [0, 0.1) is 0 Å². The van der Waals surface area contributed by atoms with Gasteiger partial charge in [0.15, 0.2) is 6.61 Å². The summed E-state index contributed by atoms with van der Waals surface area (Å²) in [5.41, 5.74) is -0.994. The van der Waals surface area contributed by atoms with E-state index < -0.39 is 5.60 Å². The number of halogens is 1. The predicted octanol–water partition coefficient (Wildman–Crippen LogP) is 1.62. The van der Waals surface area contributed by atoms with Crippen LogP contribution in [0.15, 0.2) is 24.3 Å². The minimum absolute atomic E-state index is 0.109. The third-order valence-electron chi connectivity index (χ3n) is 2.69. The molecule has 0 aromatic heterocycles. The molecule has 20 heavy (non-hydrogen) atoms. The van der Waals surface area contributed by atoms with E-state index in [0.29, 0.717) is 23.8 Å². The van der Waals surface area contributed by atoms with Crippen molar-refractivity contribution in [3.8, 4) is 5.75 Å². The maximum absolute atomic E-state index is 11.6. The molecular weight excluding hydrogens is 282 g/mol. The summed E-state index contributed by atoms with van der Waals surface area (Å²) in [6, 6.07) is 6.74. The van der Waals surface area contributed by atoms with Gasteiger partial charge in [-0.15, -0.1) is 0 Å². The van der Waals surface area contributed by atoms with Crippen molar-refractivity contribution < 1.29 is 19.4 Å². The fourth-order valence-corrected chi connectivity index (χ4v) is 1.56. The number of carbonyl (C=O) groups is 1. The largest absolute Gasteiger partial charge is 0.484 e. The molecule has 0 radical (unpaired) electrons. The fraction of sp³-hybridized carbons (Fsp3) is 0.500. The average molecular weight is 302 g/mol. The first-order valence-corrected chi connectivity index (χ1v) is 6.67. The molecule has 1 atom stereocenters. The first-order chi connectivity index (χ1) is 9.43. The molecule has 0 saturated heterocycles. The fourth-order valence-electron chi connectivity index (χ4n) is 1.43. The van der Waals surface area contributed by atoms with Crippen molar-refractivity contribution in [3.63, 3.8) is 0 Å². The molecule has 5 nitrogen and oxygen atoms in total. The number of methoxy groups -OCH3 is 1. The molecule has 0 bridgehead atoms. The minimum atomic E-state index is -0.994. The van der Waals surface area contributed by atoms with E-state index in [1.54, 1.807) is 38.3 Å². The Morgan fingerprint density at radius 2 is 2.05 bits per heavy atom. The summed E-state index contributed by atoms with van der Waals surface area (Å²) in [5, 5.41) is 13.2. The van der Waals surface area contributed by atoms with Crippen LogP contribution in [-0.2, 0) is 9.53 Å². The number of hydrogen-bond donors (Lipinski definition) is 2. The molecule has 1 aromatic carbocycles. The first kappa shape index (κ1) is 16.8. The Kier molecular flexibility index (Phi) is 6.78. The minimum Gasteiger partial charge on any atom is -0.484 e. The van der Waals surface area contributed by atoms with Crippen molar-refractivity contribution in [2.24, 2.45) is 0 Å². The van der Waals surface area contributed by atoms with Crippen molar-refractivity contribution in [2.75, 3.05) is 26.9 Å². The molecule has 1 unspecified atom stereocenters. The van der Waals surface area contributed by atoms with Crippen LogP contribution in [0.5, 0.6) is 5.75 Å². The second kappa shape index (κ2) is 8.09. The topological polar surface area (TPSA) is 67.8 Å². The molecule has 1 rings (SSSR count). The van der Waals surface area contributed by atoms with E-state index in [0.717, 1.165) is 0 Å². The first-order valence-electron chi connectivity index (χ1n) is 6.29. The van der Waals surface area contributed by atoms with Gasteiger partial charge in [-0.25, -0.2) is 0 Å². The number of hydrogen-bond acceptors (Lipinski definition) is 4. The van der Waals surface area contributed by atoms with Crippen LogP contribution in [0.25, 0.3) is 0 Å². The zero-order chi connectivity index (χ0) is 15.0. The second-order valence-electron chi connectivity index (χ2n) is 4.76. The predicted molar refractivity (Wildman–Crippen MR) is 77.1 cm³/mol. The standard InChI is InChI=1S/C14H20ClNO4/c1-14(18,7-8-19-2)10-16-13(17)9-20-12-5-3-11(15)4-6-12/h3-6,18H,7-10H2,1-2H3,(H,16,17). The van der Waals surface area contributed by atoms with Gasteiger partial charge >= 0.3 is 0 Å². The van der Waals surface area contributed by atoms with Gasteiger partial charge in [0, 0.05) is 31.7 Å². The Hall–Kier alpha value is -1.30. The van der Waals surface area contributed by atoms with Crippen LogP contribution >= 0.6 is 11.6 Å². The molecule has 1 amide bonds. The molecular formula is C14H20ClNO4. The SMILES string of the molecule is COCCC(C)(O)CNC(=O)COc1ccc(Cl)cc1. The van der Waals surface area contributed by atoms with Crippen LogP contribution in [-0.4, -0.2) is 43.5 Å². The summed E-state index contributed by atoms with van der Waals surface area (Å²) >= 11 is 5.74. The van der Waals surface area contributed by atoms with Crippen molar-refractivity contribution in [3.05, 3.63) is 29.3 Å². The summed E-state index contributed by atoms with van der Waals surface area (Å²) < 4.78 is 10.2. The molecule has 0 aliphatic carbocycles. The lowest BCUT2D eigenvalue weighted by Gasteiger charge is -2.23. The van der Waals surface area contributed by atoms with Gasteiger partial charge in [0.2, 0.25) is 0 Å². The Labute approximate surface area is 123 Å². The van der Waals surface area contributed by atoms with E-state index in [4.69, 9.17) is 21.1 Å². The smallest absolute Gasteiger partial charge is 0.258 e. The lowest BCUT2D eigenvalue weighted by atomic mass is 10.0. The van der Waals surface area contributed by atoms with Crippen LogP contribution in [0.4, 0.5) is 0 Å². The summed E-state index contributed by atoms with van der Waals surface area (Å²) in [4.78, 5) is 11.6. The molecule has 6 heteroatoms. The Morgan fingerprint density at radius 1 is 1.40 bits per heavy atom. The number of ether oxygens (including phenoxy) is 2. The van der Waals surface area contributed by atoms with E-state index in [1.165, 1.54) is 0 Å². The van der Waals surface area contributed by atoms with Crippen LogP contribution in [0.1, 0.15) is 13.3 Å². The average Bonchev–Trinajstić information content (AvgIpc) is 2.42. The lowest BCUT2D eigenvalue weighted by molar-refractivity contribution is -0.124. The maximum Gasteiger partial charge on any atom is 0.258 e. The molecule has 0 aliphatic heterocycles. The summed E-state index contributed by atoms with van der Waals surface area (Å²) in [6.45, 7) is 2.12. The zero-order valence-electron chi connectivity index (χ0n) is 11.7. The molecule has 0 spiro atoms. The van der Waals surface area contributed by atoms with Gasteiger partial charge in [-0.2, -0.15) is 0 Å². The molecule has 0 aliphatic rings. The normalized spacial score (nSPS) is 13.6. The molecule has 0 heterocycles. The van der Waals surface area contributed by atoms with E-state index in [1.807, 2.05) is 0 Å². The number of rotatable bonds is 8. The van der Waals surface area contributed by atoms with Gasteiger partial charge in [-0.1, -0.05) is 11.6 Å². The second-order valence-corrected chi connectivity index (χ2v) is 5.20. The highest BCUT2D eigenvalue weighted by atomic mass is 35.5. The van der Waals surface area contributed by atoms with Crippen molar-refractivity contribution in [1.82, 2.24) is 5.32 Å². The van der Waals surface area contributed by atoms with Crippen LogP contribution in [0.2, 0.25) is 5.02 Å². The quantitative estimate of drug-likeness (QED) is 0.766. The summed E-state index contributed by atoms with van der Waals surface area (Å²) in [7, 11) is 1.56. The third kappa shape index (κ3) is 6.75. The summed E-state index contributed by atoms with van der Waals surface area (Å²) in [6.07, 6.45) is 0.446. The van der Waals surface area contributed by atoms with E-state index in [-0.39, 0.29) is 19.1 Å². The Bertz CT molecular complexity index is 420. The molecule has 0 fully saturated rings. The van der Waals surface area contributed by atoms with Crippen molar-refractivity contribution in [1.29, 1.82) is 0 Å². The number of benzene rings is 1.